The van der Waals surface area contributed by atoms with Crippen molar-refractivity contribution in [3.63, 3.8) is 0 Å². The molecular weight excluding hydrogens is 330 g/mol. The fourth-order valence-electron chi connectivity index (χ4n) is 1.40. The number of nitrogens with zero attached hydrogens (tertiary/aromatic N) is 2. The van der Waals surface area contributed by atoms with Crippen molar-refractivity contribution in [1.82, 2.24) is 15.5 Å². The molecule has 0 unspecified atom stereocenters. The van der Waals surface area contributed by atoms with Crippen LogP contribution >= 0.6 is 46.2 Å². The van der Waals surface area contributed by atoms with Gasteiger partial charge in [-0.3, -0.25) is 4.79 Å². The molecule has 2 aromatic heterocycles. The molecule has 2 heterocycles. The van der Waals surface area contributed by atoms with Crippen LogP contribution in [0.3, 0.4) is 0 Å². The largest absolute Gasteiger partial charge is 0.355 e. The average Bonchev–Trinajstić information content (AvgIpc) is 3.08. The summed E-state index contributed by atoms with van der Waals surface area (Å²) in [5, 5.41) is 13.1. The molecular formula is C12H15N3OS4. The summed E-state index contributed by atoms with van der Waals surface area (Å²) in [6.45, 7) is 2.77. The van der Waals surface area contributed by atoms with Gasteiger partial charge in [-0.25, -0.2) is 0 Å². The Bertz CT molecular complexity index is 527. The Labute approximate surface area is 134 Å². The van der Waals surface area contributed by atoms with E-state index in [1.165, 1.54) is 16.6 Å². The van der Waals surface area contributed by atoms with Gasteiger partial charge in [-0.2, -0.15) is 0 Å². The van der Waals surface area contributed by atoms with E-state index >= 15 is 0 Å². The highest BCUT2D eigenvalue weighted by molar-refractivity contribution is 8.03. The van der Waals surface area contributed by atoms with E-state index in [4.69, 9.17) is 0 Å². The normalized spacial score (nSPS) is 10.7. The Kier molecular flexibility index (Phi) is 6.85. The van der Waals surface area contributed by atoms with Crippen molar-refractivity contribution in [2.75, 3.05) is 18.1 Å². The molecule has 0 aliphatic carbocycles. The van der Waals surface area contributed by atoms with Crippen LogP contribution in [-0.4, -0.2) is 34.2 Å². The SMILES string of the molecule is CCSc1nnc(SCC(=O)NCCc2cccs2)s1. The van der Waals surface area contributed by atoms with Gasteiger partial charge in [0.1, 0.15) is 0 Å². The second-order valence-corrected chi connectivity index (χ2v) is 8.48. The highest BCUT2D eigenvalue weighted by atomic mass is 32.2. The van der Waals surface area contributed by atoms with E-state index in [1.807, 2.05) is 11.4 Å². The summed E-state index contributed by atoms with van der Waals surface area (Å²) in [6.07, 6.45) is 0.893. The van der Waals surface area contributed by atoms with Gasteiger partial charge in [-0.15, -0.1) is 21.5 Å². The average molecular weight is 346 g/mol. The van der Waals surface area contributed by atoms with Crippen LogP contribution in [0.4, 0.5) is 0 Å². The van der Waals surface area contributed by atoms with Crippen LogP contribution in [0.25, 0.3) is 0 Å². The molecule has 108 valence electrons. The van der Waals surface area contributed by atoms with Gasteiger partial charge in [0.15, 0.2) is 8.68 Å². The molecule has 0 fully saturated rings. The smallest absolute Gasteiger partial charge is 0.230 e. The summed E-state index contributed by atoms with van der Waals surface area (Å²) in [6, 6.07) is 4.11. The molecule has 0 aliphatic heterocycles. The molecule has 0 radical (unpaired) electrons. The summed E-state index contributed by atoms with van der Waals surface area (Å²) in [5.74, 6) is 1.43. The van der Waals surface area contributed by atoms with Crippen LogP contribution in [0.15, 0.2) is 26.2 Å². The molecule has 0 saturated heterocycles. The van der Waals surface area contributed by atoms with Gasteiger partial charge < -0.3 is 5.32 Å². The number of nitrogens with one attached hydrogen (secondary N) is 1. The van der Waals surface area contributed by atoms with Crippen LogP contribution < -0.4 is 5.32 Å². The van der Waals surface area contributed by atoms with E-state index in [0.29, 0.717) is 12.3 Å². The standard InChI is InChI=1S/C12H15N3OS4/c1-2-17-11-14-15-12(20-11)19-8-10(16)13-6-5-9-4-3-7-18-9/h3-4,7H,2,5-6,8H2,1H3,(H,13,16). The van der Waals surface area contributed by atoms with Crippen molar-refractivity contribution in [3.8, 4) is 0 Å². The molecule has 0 saturated carbocycles. The van der Waals surface area contributed by atoms with Gasteiger partial charge in [-0.1, -0.05) is 47.9 Å². The maximum Gasteiger partial charge on any atom is 0.230 e. The Morgan fingerprint density at radius 3 is 2.85 bits per heavy atom. The first-order valence-electron chi connectivity index (χ1n) is 6.16. The highest BCUT2D eigenvalue weighted by Gasteiger charge is 2.08. The van der Waals surface area contributed by atoms with Crippen molar-refractivity contribution in [3.05, 3.63) is 22.4 Å². The molecule has 2 aromatic rings. The Morgan fingerprint density at radius 2 is 2.15 bits per heavy atom. The first-order chi connectivity index (χ1) is 9.78. The first kappa shape index (κ1) is 15.8. The molecule has 0 aliphatic rings. The van der Waals surface area contributed by atoms with Crippen molar-refractivity contribution in [1.29, 1.82) is 0 Å². The molecule has 1 amide bonds. The lowest BCUT2D eigenvalue weighted by molar-refractivity contribution is -0.118. The molecule has 0 spiro atoms. The number of amides is 1. The minimum atomic E-state index is 0.0476. The zero-order valence-electron chi connectivity index (χ0n) is 11.0. The molecule has 0 bridgehead atoms. The van der Waals surface area contributed by atoms with Crippen LogP contribution in [0.5, 0.6) is 0 Å². The summed E-state index contributed by atoms with van der Waals surface area (Å²) < 4.78 is 1.82. The lowest BCUT2D eigenvalue weighted by atomic mass is 10.3. The van der Waals surface area contributed by atoms with Crippen LogP contribution in [0.2, 0.25) is 0 Å². The van der Waals surface area contributed by atoms with Crippen LogP contribution in [-0.2, 0) is 11.2 Å². The van der Waals surface area contributed by atoms with E-state index in [1.54, 1.807) is 34.4 Å². The number of thiophene rings is 1. The Balaban J connectivity index is 1.64. The van der Waals surface area contributed by atoms with Crippen LogP contribution in [0, 0.1) is 0 Å². The highest BCUT2D eigenvalue weighted by Crippen LogP contribution is 2.28. The summed E-state index contributed by atoms with van der Waals surface area (Å²) >= 11 is 6.38. The van der Waals surface area contributed by atoms with E-state index in [2.05, 4.69) is 28.5 Å². The third-order valence-corrected chi connectivity index (χ3v) is 6.26. The van der Waals surface area contributed by atoms with Gasteiger partial charge in [0.2, 0.25) is 5.91 Å². The van der Waals surface area contributed by atoms with E-state index in [9.17, 15) is 4.79 Å². The second kappa shape index (κ2) is 8.66. The predicted octanol–water partition coefficient (Wildman–Crippen LogP) is 3.16. The lowest BCUT2D eigenvalue weighted by Crippen LogP contribution is -2.27. The third-order valence-electron chi connectivity index (χ3n) is 2.26. The van der Waals surface area contributed by atoms with Gasteiger partial charge in [0.25, 0.3) is 0 Å². The summed E-state index contributed by atoms with van der Waals surface area (Å²) in [4.78, 5) is 13.0. The van der Waals surface area contributed by atoms with Crippen LogP contribution in [0.1, 0.15) is 11.8 Å². The molecule has 1 N–H and O–H groups in total. The maximum absolute atomic E-state index is 11.7. The monoisotopic (exact) mass is 345 g/mol. The Hall–Kier alpha value is -0.570. The zero-order chi connectivity index (χ0) is 14.2. The number of rotatable bonds is 8. The van der Waals surface area contributed by atoms with Crippen molar-refractivity contribution in [2.24, 2.45) is 0 Å². The molecule has 0 aromatic carbocycles. The predicted molar refractivity (Wildman–Crippen MR) is 88.1 cm³/mol. The van der Waals surface area contributed by atoms with E-state index in [0.717, 1.165) is 20.9 Å². The van der Waals surface area contributed by atoms with Gasteiger partial charge in [0, 0.05) is 11.4 Å². The molecule has 0 atom stereocenters. The van der Waals surface area contributed by atoms with Crippen molar-refractivity contribution < 1.29 is 4.79 Å². The first-order valence-corrected chi connectivity index (χ1v) is 9.83. The summed E-state index contributed by atoms with van der Waals surface area (Å²) in [7, 11) is 0. The van der Waals surface area contributed by atoms with Crippen molar-refractivity contribution in [2.45, 2.75) is 22.0 Å². The molecule has 8 heteroatoms. The number of thioether (sulfide) groups is 2. The summed E-state index contributed by atoms with van der Waals surface area (Å²) in [5.41, 5.74) is 0. The minimum absolute atomic E-state index is 0.0476. The minimum Gasteiger partial charge on any atom is -0.355 e. The quantitative estimate of drug-likeness (QED) is 0.745. The number of carbonyl (C=O) groups excluding carboxylic acids is 1. The number of aromatic nitrogens is 2. The second-order valence-electron chi connectivity index (χ2n) is 3.73. The Morgan fingerprint density at radius 1 is 1.35 bits per heavy atom. The third kappa shape index (κ3) is 5.43. The maximum atomic E-state index is 11.7. The number of carbonyl (C=O) groups is 1. The molecule has 2 rings (SSSR count). The topological polar surface area (TPSA) is 54.9 Å². The van der Waals surface area contributed by atoms with Gasteiger partial charge >= 0.3 is 0 Å². The zero-order valence-corrected chi connectivity index (χ0v) is 14.3. The van der Waals surface area contributed by atoms with Gasteiger partial charge in [0.05, 0.1) is 5.75 Å². The number of hydrogen-bond donors (Lipinski definition) is 1. The number of hydrogen-bond acceptors (Lipinski definition) is 7. The van der Waals surface area contributed by atoms with E-state index < -0.39 is 0 Å². The van der Waals surface area contributed by atoms with E-state index in [-0.39, 0.29) is 5.91 Å². The fourth-order valence-corrected chi connectivity index (χ4v) is 4.85. The lowest BCUT2D eigenvalue weighted by Gasteiger charge is -2.02. The van der Waals surface area contributed by atoms with Gasteiger partial charge in [-0.05, 0) is 23.6 Å². The fraction of sp³-hybridized carbons (Fsp3) is 0.417. The molecule has 4 nitrogen and oxygen atoms in total. The van der Waals surface area contributed by atoms with Crippen molar-refractivity contribution >= 4 is 52.1 Å². The molecule has 20 heavy (non-hydrogen) atoms.